The van der Waals surface area contributed by atoms with Gasteiger partial charge in [-0.1, -0.05) is 0 Å². The van der Waals surface area contributed by atoms with E-state index in [9.17, 15) is 4.79 Å². The van der Waals surface area contributed by atoms with Gasteiger partial charge in [0.2, 0.25) is 0 Å². The van der Waals surface area contributed by atoms with Gasteiger partial charge in [0.25, 0.3) is 5.91 Å². The van der Waals surface area contributed by atoms with Crippen LogP contribution in [0, 0.1) is 0 Å². The van der Waals surface area contributed by atoms with Gasteiger partial charge < -0.3 is 10.0 Å². The van der Waals surface area contributed by atoms with Gasteiger partial charge >= 0.3 is 0 Å². The first-order chi connectivity index (χ1) is 4.22. The summed E-state index contributed by atoms with van der Waals surface area (Å²) in [5.74, 6) is -0.138. The Labute approximate surface area is 54.3 Å². The Morgan fingerprint density at radius 3 is 2.33 bits per heavy atom. The average Bonchev–Trinajstić information content (AvgIpc) is 1.60. The Kier molecular flexibility index (Phi) is 1.71. The van der Waals surface area contributed by atoms with Gasteiger partial charge in [-0.25, -0.2) is 0 Å². The van der Waals surface area contributed by atoms with Crippen LogP contribution in [0.5, 0.6) is 0 Å². The van der Waals surface area contributed by atoms with Crippen molar-refractivity contribution in [1.29, 1.82) is 0 Å². The SMILES string of the molecule is CC(O)C(=O)N1CCC1. The quantitative estimate of drug-likeness (QED) is 0.523. The normalized spacial score (nSPS) is 20.9. The van der Waals surface area contributed by atoms with Crippen LogP contribution in [0.1, 0.15) is 13.3 Å². The number of amides is 1. The second-order valence-corrected chi connectivity index (χ2v) is 2.35. The van der Waals surface area contributed by atoms with Gasteiger partial charge in [-0.2, -0.15) is 0 Å². The Bertz CT molecular complexity index is 118. The molecule has 1 saturated heterocycles. The fourth-order valence-electron chi connectivity index (χ4n) is 0.801. The first kappa shape index (κ1) is 6.55. The monoisotopic (exact) mass is 129 g/mol. The summed E-state index contributed by atoms with van der Waals surface area (Å²) in [5.41, 5.74) is 0. The number of rotatable bonds is 1. The van der Waals surface area contributed by atoms with Crippen LogP contribution in [-0.2, 0) is 4.79 Å². The fourth-order valence-corrected chi connectivity index (χ4v) is 0.801. The Hall–Kier alpha value is -0.570. The predicted octanol–water partition coefficient (Wildman–Crippen LogP) is -0.401. The molecule has 0 aromatic heterocycles. The first-order valence-corrected chi connectivity index (χ1v) is 3.18. The number of aliphatic hydroxyl groups excluding tert-OH is 1. The molecule has 1 heterocycles. The number of carbonyl (C=O) groups is 1. The van der Waals surface area contributed by atoms with E-state index in [-0.39, 0.29) is 5.91 Å². The average molecular weight is 129 g/mol. The number of carbonyl (C=O) groups excluding carboxylic acids is 1. The molecule has 1 N–H and O–H groups in total. The van der Waals surface area contributed by atoms with Crippen molar-refractivity contribution in [2.24, 2.45) is 0 Å². The molecule has 1 fully saturated rings. The lowest BCUT2D eigenvalue weighted by molar-refractivity contribution is -0.142. The van der Waals surface area contributed by atoms with Gasteiger partial charge in [0, 0.05) is 13.1 Å². The summed E-state index contributed by atoms with van der Waals surface area (Å²) in [5, 5.41) is 8.77. The number of likely N-dealkylation sites (tertiary alicyclic amines) is 1. The van der Waals surface area contributed by atoms with E-state index in [0.29, 0.717) is 0 Å². The molecule has 1 aliphatic heterocycles. The third-order valence-electron chi connectivity index (χ3n) is 1.53. The summed E-state index contributed by atoms with van der Waals surface area (Å²) in [6.07, 6.45) is 0.267. The second kappa shape index (κ2) is 2.35. The van der Waals surface area contributed by atoms with Crippen LogP contribution >= 0.6 is 0 Å². The molecule has 1 aliphatic rings. The zero-order valence-electron chi connectivity index (χ0n) is 5.50. The van der Waals surface area contributed by atoms with Crippen molar-refractivity contribution in [3.8, 4) is 0 Å². The van der Waals surface area contributed by atoms with Crippen molar-refractivity contribution in [1.82, 2.24) is 4.90 Å². The largest absolute Gasteiger partial charge is 0.384 e. The van der Waals surface area contributed by atoms with Crippen molar-refractivity contribution in [2.45, 2.75) is 19.4 Å². The molecule has 9 heavy (non-hydrogen) atoms. The molecule has 52 valence electrons. The number of aliphatic hydroxyl groups is 1. The minimum absolute atomic E-state index is 0.138. The highest BCUT2D eigenvalue weighted by atomic mass is 16.3. The maximum absolute atomic E-state index is 10.8. The Balaban J connectivity index is 2.32. The summed E-state index contributed by atoms with van der Waals surface area (Å²) < 4.78 is 0. The van der Waals surface area contributed by atoms with Crippen molar-refractivity contribution < 1.29 is 9.90 Å². The topological polar surface area (TPSA) is 40.5 Å². The molecule has 1 amide bonds. The van der Waals surface area contributed by atoms with Gasteiger partial charge in [-0.3, -0.25) is 4.79 Å². The molecule has 1 atom stereocenters. The summed E-state index contributed by atoms with van der Waals surface area (Å²) in [7, 11) is 0. The van der Waals surface area contributed by atoms with Gasteiger partial charge in [0.05, 0.1) is 0 Å². The summed E-state index contributed by atoms with van der Waals surface area (Å²) in [4.78, 5) is 12.5. The Morgan fingerprint density at radius 1 is 1.67 bits per heavy atom. The van der Waals surface area contributed by atoms with Crippen LogP contribution in [0.25, 0.3) is 0 Å². The third kappa shape index (κ3) is 1.21. The van der Waals surface area contributed by atoms with E-state index >= 15 is 0 Å². The maximum Gasteiger partial charge on any atom is 0.251 e. The van der Waals surface area contributed by atoms with Gasteiger partial charge in [-0.05, 0) is 13.3 Å². The van der Waals surface area contributed by atoms with E-state index in [0.717, 1.165) is 19.5 Å². The fraction of sp³-hybridized carbons (Fsp3) is 0.833. The molecule has 0 aromatic rings. The molecule has 0 saturated carbocycles. The Morgan fingerprint density at radius 2 is 2.22 bits per heavy atom. The molecule has 3 nitrogen and oxygen atoms in total. The van der Waals surface area contributed by atoms with Crippen LogP contribution in [0.15, 0.2) is 0 Å². The molecule has 0 spiro atoms. The molecular weight excluding hydrogens is 118 g/mol. The molecule has 1 unspecified atom stereocenters. The number of hydrogen-bond donors (Lipinski definition) is 1. The van der Waals surface area contributed by atoms with Crippen molar-refractivity contribution >= 4 is 5.91 Å². The molecule has 0 bridgehead atoms. The molecule has 0 radical (unpaired) electrons. The molecule has 0 aromatic carbocycles. The minimum Gasteiger partial charge on any atom is -0.384 e. The highest BCUT2D eigenvalue weighted by Crippen LogP contribution is 2.06. The van der Waals surface area contributed by atoms with Crippen LogP contribution in [0.3, 0.4) is 0 Å². The third-order valence-corrected chi connectivity index (χ3v) is 1.53. The van der Waals surface area contributed by atoms with Crippen molar-refractivity contribution in [3.63, 3.8) is 0 Å². The highest BCUT2D eigenvalue weighted by molar-refractivity contribution is 5.80. The van der Waals surface area contributed by atoms with E-state index in [1.54, 1.807) is 4.90 Å². The minimum atomic E-state index is -0.815. The van der Waals surface area contributed by atoms with E-state index in [2.05, 4.69) is 0 Å². The lowest BCUT2D eigenvalue weighted by Gasteiger charge is -2.31. The summed E-state index contributed by atoms with van der Waals surface area (Å²) in [6.45, 7) is 3.15. The lowest BCUT2D eigenvalue weighted by atomic mass is 10.2. The van der Waals surface area contributed by atoms with E-state index in [1.165, 1.54) is 6.92 Å². The zero-order valence-corrected chi connectivity index (χ0v) is 5.50. The highest BCUT2D eigenvalue weighted by Gasteiger charge is 2.22. The summed E-state index contributed by atoms with van der Waals surface area (Å²) in [6, 6.07) is 0. The van der Waals surface area contributed by atoms with Crippen molar-refractivity contribution in [3.05, 3.63) is 0 Å². The van der Waals surface area contributed by atoms with E-state index in [4.69, 9.17) is 5.11 Å². The van der Waals surface area contributed by atoms with Gasteiger partial charge in [-0.15, -0.1) is 0 Å². The first-order valence-electron chi connectivity index (χ1n) is 3.18. The van der Waals surface area contributed by atoms with E-state index in [1.807, 2.05) is 0 Å². The summed E-state index contributed by atoms with van der Waals surface area (Å²) >= 11 is 0. The molecule has 1 rings (SSSR count). The van der Waals surface area contributed by atoms with Crippen molar-refractivity contribution in [2.75, 3.05) is 13.1 Å². The second-order valence-electron chi connectivity index (χ2n) is 2.35. The molecule has 3 heteroatoms. The van der Waals surface area contributed by atoms with Crippen LogP contribution in [-0.4, -0.2) is 35.1 Å². The van der Waals surface area contributed by atoms with Gasteiger partial charge in [0.15, 0.2) is 0 Å². The lowest BCUT2D eigenvalue weighted by Crippen LogP contribution is -2.46. The molecular formula is C6H11NO2. The van der Waals surface area contributed by atoms with Crippen LogP contribution < -0.4 is 0 Å². The van der Waals surface area contributed by atoms with Gasteiger partial charge in [0.1, 0.15) is 6.10 Å². The van der Waals surface area contributed by atoms with Crippen LogP contribution in [0.2, 0.25) is 0 Å². The zero-order chi connectivity index (χ0) is 6.85. The number of hydrogen-bond acceptors (Lipinski definition) is 2. The molecule has 0 aliphatic carbocycles. The predicted molar refractivity (Wildman–Crippen MR) is 32.9 cm³/mol. The number of nitrogens with zero attached hydrogens (tertiary/aromatic N) is 1. The smallest absolute Gasteiger partial charge is 0.251 e. The van der Waals surface area contributed by atoms with Crippen LogP contribution in [0.4, 0.5) is 0 Å². The standard InChI is InChI=1S/C6H11NO2/c1-5(8)6(9)7-3-2-4-7/h5,8H,2-4H2,1H3. The van der Waals surface area contributed by atoms with E-state index < -0.39 is 6.10 Å². The maximum atomic E-state index is 10.8.